The third-order valence-electron chi connectivity index (χ3n) is 2.65. The van der Waals surface area contributed by atoms with Crippen molar-refractivity contribution in [2.24, 2.45) is 5.92 Å². The molecule has 1 rings (SSSR count). The minimum atomic E-state index is -1.93. The van der Waals surface area contributed by atoms with Gasteiger partial charge < -0.3 is 0 Å². The van der Waals surface area contributed by atoms with Crippen LogP contribution >= 0.6 is 15.9 Å². The summed E-state index contributed by atoms with van der Waals surface area (Å²) < 4.78 is -1.93. The number of rotatable bonds is 0. The van der Waals surface area contributed by atoms with E-state index in [4.69, 9.17) is 6.57 Å². The van der Waals surface area contributed by atoms with Crippen molar-refractivity contribution in [3.8, 4) is 0 Å². The third-order valence-corrected chi connectivity index (χ3v) is 3.62. The zero-order chi connectivity index (χ0) is 13.9. The quantitative estimate of drug-likeness (QED) is 0.285. The van der Waals surface area contributed by atoms with E-state index >= 15 is 0 Å². The minimum Gasteiger partial charge on any atom is -0.286 e. The van der Waals surface area contributed by atoms with E-state index in [0.717, 1.165) is 0 Å². The van der Waals surface area contributed by atoms with Crippen molar-refractivity contribution in [3.63, 3.8) is 0 Å². The van der Waals surface area contributed by atoms with Gasteiger partial charge in [-0.1, -0.05) is 6.92 Å². The fourth-order valence-electron chi connectivity index (χ4n) is 1.70. The highest BCUT2D eigenvalue weighted by Gasteiger charge is 2.55. The van der Waals surface area contributed by atoms with Crippen molar-refractivity contribution in [1.29, 1.82) is 0 Å². The van der Waals surface area contributed by atoms with Gasteiger partial charge >= 0.3 is 4.45 Å². The number of hydrogen-bond donors (Lipinski definition) is 0. The maximum absolute atomic E-state index is 10.9. The predicted octanol–water partition coefficient (Wildman–Crippen LogP) is 0.679. The van der Waals surface area contributed by atoms with Crippen molar-refractivity contribution < 1.29 is 19.2 Å². The minimum absolute atomic E-state index is 0.199. The molecule has 0 atom stereocenters. The molecule has 0 bridgehead atoms. The molecule has 1 saturated carbocycles. The Hall–Kier alpha value is -2.23. The Morgan fingerprint density at radius 2 is 1.44 bits per heavy atom. The topological polar surface area (TPSA) is 72.6 Å². The third kappa shape index (κ3) is 1.66. The highest BCUT2D eigenvalue weighted by Crippen LogP contribution is 2.49. The largest absolute Gasteiger partial charge is 0.357 e. The van der Waals surface area contributed by atoms with Crippen LogP contribution in [0.2, 0.25) is 0 Å². The van der Waals surface area contributed by atoms with Gasteiger partial charge in [-0.25, -0.2) is 25.8 Å². The molecule has 0 spiro atoms. The Morgan fingerprint density at radius 1 is 1.06 bits per heavy atom. The van der Waals surface area contributed by atoms with Gasteiger partial charge in [0.1, 0.15) is 23.8 Å². The molecule has 88 valence electrons. The van der Waals surface area contributed by atoms with E-state index in [2.05, 4.69) is 20.8 Å². The van der Waals surface area contributed by atoms with Gasteiger partial charge in [-0.3, -0.25) is 4.85 Å². The van der Waals surface area contributed by atoms with Crippen LogP contribution in [0.4, 0.5) is 0 Å². The van der Waals surface area contributed by atoms with Crippen LogP contribution in [0.5, 0.6) is 0 Å². The summed E-state index contributed by atoms with van der Waals surface area (Å²) in [5.74, 6) is 5.05. The first-order chi connectivity index (χ1) is 8.51. The molecule has 0 N–H and O–H groups in total. The summed E-state index contributed by atoms with van der Waals surface area (Å²) in [7, 11) is 0. The van der Waals surface area contributed by atoms with E-state index in [1.165, 1.54) is 30.7 Å². The zero-order valence-electron chi connectivity index (χ0n) is 9.04. The van der Waals surface area contributed by atoms with Gasteiger partial charge in [0.2, 0.25) is 0 Å². The van der Waals surface area contributed by atoms with Crippen LogP contribution in [0.3, 0.4) is 0 Å². The van der Waals surface area contributed by atoms with Gasteiger partial charge in [-0.15, -0.1) is 0 Å². The van der Waals surface area contributed by atoms with Gasteiger partial charge in [0, 0.05) is 21.8 Å². The average molecular weight is 306 g/mol. The van der Waals surface area contributed by atoms with E-state index in [0.29, 0.717) is 0 Å². The Morgan fingerprint density at radius 3 is 1.67 bits per heavy atom. The van der Waals surface area contributed by atoms with E-state index in [1.54, 1.807) is 0 Å². The standard InChI is InChI=1S/C12H4BrNO4/c1-7-8(3-15)10(5-17)12(13,14-2)11(6-18)9(7)4-16/h7H,1H3. The average Bonchev–Trinajstić information content (AvgIpc) is 2.39. The molecule has 0 saturated heterocycles. The van der Waals surface area contributed by atoms with Gasteiger partial charge in [0.25, 0.3) is 0 Å². The number of hydrogen-bond acceptors (Lipinski definition) is 4. The number of alkyl halides is 1. The highest BCUT2D eigenvalue weighted by atomic mass is 79.9. The molecule has 1 aliphatic carbocycles. The smallest absolute Gasteiger partial charge is 0.286 e. The molecule has 5 nitrogen and oxygen atoms in total. The van der Waals surface area contributed by atoms with Crippen LogP contribution in [0.1, 0.15) is 6.92 Å². The molecule has 0 aromatic rings. The molecule has 6 heteroatoms. The van der Waals surface area contributed by atoms with Crippen LogP contribution in [-0.2, 0) is 19.2 Å². The summed E-state index contributed by atoms with van der Waals surface area (Å²) in [5, 5.41) is 0. The zero-order valence-corrected chi connectivity index (χ0v) is 10.6. The second-order valence-corrected chi connectivity index (χ2v) is 4.59. The van der Waals surface area contributed by atoms with Crippen molar-refractivity contribution in [2.75, 3.05) is 0 Å². The molecule has 18 heavy (non-hydrogen) atoms. The molecule has 1 aliphatic rings. The molecule has 0 amide bonds. The lowest BCUT2D eigenvalue weighted by atomic mass is 9.74. The first-order valence-corrected chi connectivity index (χ1v) is 5.40. The number of halogens is 1. The molecular weight excluding hydrogens is 302 g/mol. The molecule has 0 unspecified atom stereocenters. The SMILES string of the molecule is [C-]#[N+]C1(Br)C(=C=O)C(=C=O)C(C)C(=C=O)C1=C=O. The summed E-state index contributed by atoms with van der Waals surface area (Å²) in [6.45, 7) is 8.47. The van der Waals surface area contributed by atoms with E-state index in [9.17, 15) is 19.2 Å². The fraction of sp³-hybridized carbons (Fsp3) is 0.250. The Kier molecular flexibility index (Phi) is 3.81. The summed E-state index contributed by atoms with van der Waals surface area (Å²) in [4.78, 5) is 46.6. The monoisotopic (exact) mass is 305 g/mol. The molecule has 0 heterocycles. The number of carbonyl (C=O) groups excluding carboxylic acids is 4. The van der Waals surface area contributed by atoms with Gasteiger partial charge in [-0.05, 0) is 0 Å². The Balaban J connectivity index is 3.89. The van der Waals surface area contributed by atoms with Crippen LogP contribution in [-0.4, -0.2) is 28.2 Å². The Bertz CT molecular complexity index is 611. The maximum Gasteiger partial charge on any atom is 0.357 e. The van der Waals surface area contributed by atoms with Crippen molar-refractivity contribution in [3.05, 3.63) is 33.7 Å². The van der Waals surface area contributed by atoms with Gasteiger partial charge in [0.05, 0.1) is 11.1 Å². The van der Waals surface area contributed by atoms with Crippen LogP contribution < -0.4 is 0 Å². The Labute approximate surface area is 110 Å². The second-order valence-electron chi connectivity index (χ2n) is 3.44. The van der Waals surface area contributed by atoms with Crippen molar-refractivity contribution >= 4 is 39.7 Å². The van der Waals surface area contributed by atoms with Crippen LogP contribution in [0, 0.1) is 12.5 Å². The fourth-order valence-corrected chi connectivity index (χ4v) is 2.28. The normalized spacial score (nSPS) is 26.6. The predicted molar refractivity (Wildman–Crippen MR) is 64.2 cm³/mol. The molecular formula is C12H4BrNO4. The highest BCUT2D eigenvalue weighted by molar-refractivity contribution is 9.10. The first-order valence-electron chi connectivity index (χ1n) is 4.61. The van der Waals surface area contributed by atoms with Crippen LogP contribution in [0.25, 0.3) is 4.85 Å². The summed E-state index contributed by atoms with van der Waals surface area (Å²) >= 11 is 2.89. The van der Waals surface area contributed by atoms with Crippen molar-refractivity contribution in [1.82, 2.24) is 0 Å². The lowest BCUT2D eigenvalue weighted by molar-refractivity contribution is 0.550. The lowest BCUT2D eigenvalue weighted by Gasteiger charge is -2.27. The van der Waals surface area contributed by atoms with Crippen molar-refractivity contribution in [2.45, 2.75) is 11.4 Å². The summed E-state index contributed by atoms with van der Waals surface area (Å²) in [6.07, 6.45) is 0. The first kappa shape index (κ1) is 13.8. The summed E-state index contributed by atoms with van der Waals surface area (Å²) in [6, 6.07) is 0. The summed E-state index contributed by atoms with van der Waals surface area (Å²) in [5.41, 5.74) is -1.12. The lowest BCUT2D eigenvalue weighted by Crippen LogP contribution is -2.35. The molecule has 0 aromatic carbocycles. The van der Waals surface area contributed by atoms with E-state index in [1.807, 2.05) is 0 Å². The van der Waals surface area contributed by atoms with E-state index < -0.39 is 10.4 Å². The van der Waals surface area contributed by atoms with Gasteiger partial charge in [-0.2, -0.15) is 0 Å². The van der Waals surface area contributed by atoms with E-state index in [-0.39, 0.29) is 22.3 Å². The maximum atomic E-state index is 10.9. The molecule has 0 radical (unpaired) electrons. The van der Waals surface area contributed by atoms with Crippen LogP contribution in [0.15, 0.2) is 22.3 Å². The second kappa shape index (κ2) is 4.96. The van der Waals surface area contributed by atoms with Gasteiger partial charge in [0.15, 0.2) is 11.1 Å². The molecule has 0 aliphatic heterocycles. The molecule has 1 fully saturated rings. The molecule has 0 aromatic heterocycles. The number of nitrogens with zero attached hydrogens (tertiary/aromatic N) is 1.